The van der Waals surface area contributed by atoms with Gasteiger partial charge in [0.2, 0.25) is 0 Å². The van der Waals surface area contributed by atoms with Gasteiger partial charge in [-0.3, -0.25) is 0 Å². The number of hydrogen-bond donors (Lipinski definition) is 0. The van der Waals surface area contributed by atoms with E-state index in [0.29, 0.717) is 6.33 Å². The van der Waals surface area contributed by atoms with Crippen molar-refractivity contribution in [3.05, 3.63) is 12.4 Å². The number of allylic oxidation sites excluding steroid dienone is 1. The van der Waals surface area contributed by atoms with Crippen molar-refractivity contribution in [2.24, 2.45) is 23.7 Å². The first-order valence-electron chi connectivity index (χ1n) is 8.57. The minimum absolute atomic E-state index is 0.699. The van der Waals surface area contributed by atoms with Gasteiger partial charge in [0.15, 0.2) is 0 Å². The molecule has 116 valence electrons. The van der Waals surface area contributed by atoms with Gasteiger partial charge in [-0.2, -0.15) is 0 Å². The summed E-state index contributed by atoms with van der Waals surface area (Å²) in [5, 5.41) is 0. The van der Waals surface area contributed by atoms with Crippen molar-refractivity contribution in [3.8, 4) is 0 Å². The summed E-state index contributed by atoms with van der Waals surface area (Å²) in [6, 6.07) is 0. The molecule has 2 heteroatoms. The number of hydrogen-bond acceptors (Lipinski definition) is 1. The Balaban J connectivity index is 1.64. The Kier molecular flexibility index (Phi) is 7.06. The van der Waals surface area contributed by atoms with Crippen molar-refractivity contribution < 1.29 is 9.13 Å². The van der Waals surface area contributed by atoms with Crippen molar-refractivity contribution in [3.63, 3.8) is 0 Å². The molecule has 0 unspecified atom stereocenters. The highest BCUT2D eigenvalue weighted by Gasteiger charge is 2.30. The van der Waals surface area contributed by atoms with Crippen molar-refractivity contribution in [1.29, 1.82) is 0 Å². The molecule has 0 amide bonds. The maximum absolute atomic E-state index is 11.9. The highest BCUT2D eigenvalue weighted by atomic mass is 19.1. The van der Waals surface area contributed by atoms with E-state index in [9.17, 15) is 4.39 Å². The van der Waals surface area contributed by atoms with Gasteiger partial charge >= 0.3 is 0 Å². The lowest BCUT2D eigenvalue weighted by atomic mass is 9.69. The summed E-state index contributed by atoms with van der Waals surface area (Å²) in [6.07, 6.45) is 15.7. The Bertz CT molecular complexity index is 273. The fraction of sp³-hybridized carbons (Fsp3) is 0.889. The third-order valence-corrected chi connectivity index (χ3v) is 5.68. The zero-order valence-electron chi connectivity index (χ0n) is 13.0. The first-order valence-corrected chi connectivity index (χ1v) is 8.57. The van der Waals surface area contributed by atoms with Crippen LogP contribution in [0.3, 0.4) is 0 Å². The van der Waals surface area contributed by atoms with Crippen LogP contribution in [0, 0.1) is 23.7 Å². The summed E-state index contributed by atoms with van der Waals surface area (Å²) >= 11 is 0. The monoisotopic (exact) mass is 282 g/mol. The van der Waals surface area contributed by atoms with Crippen LogP contribution in [0.1, 0.15) is 64.2 Å². The molecule has 0 aromatic rings. The van der Waals surface area contributed by atoms with Crippen molar-refractivity contribution in [2.75, 3.05) is 13.7 Å². The lowest BCUT2D eigenvalue weighted by Crippen LogP contribution is -2.27. The predicted molar refractivity (Wildman–Crippen MR) is 82.3 cm³/mol. The van der Waals surface area contributed by atoms with E-state index in [1.807, 2.05) is 7.11 Å². The number of halogens is 1. The van der Waals surface area contributed by atoms with Gasteiger partial charge in [0.05, 0.1) is 6.33 Å². The standard InChI is InChI=1S/C18H31FO/c1-20-14-16-7-11-18(12-8-16)17-9-5-15(6-10-17)4-2-3-13-19/h3,13,15-18H,2,4-12,14H2,1H3/t15-,16-,17-,18-. The first-order chi connectivity index (χ1) is 9.83. The maximum atomic E-state index is 11.9. The highest BCUT2D eigenvalue weighted by molar-refractivity contribution is 4.83. The molecule has 2 rings (SSSR count). The number of methoxy groups -OCH3 is 1. The van der Waals surface area contributed by atoms with Gasteiger partial charge in [-0.05, 0) is 75.0 Å². The second kappa shape index (κ2) is 8.81. The molecule has 2 aliphatic carbocycles. The van der Waals surface area contributed by atoms with Crippen LogP contribution in [0.4, 0.5) is 4.39 Å². The number of rotatable bonds is 6. The normalized spacial score (nSPS) is 35.5. The number of ether oxygens (including phenoxy) is 1. The van der Waals surface area contributed by atoms with E-state index in [-0.39, 0.29) is 0 Å². The molecular weight excluding hydrogens is 251 g/mol. The quantitative estimate of drug-likeness (QED) is 0.624. The minimum atomic E-state index is 0.699. The summed E-state index contributed by atoms with van der Waals surface area (Å²) in [6.45, 7) is 0.960. The zero-order chi connectivity index (χ0) is 14.2. The van der Waals surface area contributed by atoms with Crippen LogP contribution in [0.15, 0.2) is 12.4 Å². The Morgan fingerprint density at radius 2 is 1.45 bits per heavy atom. The van der Waals surface area contributed by atoms with Gasteiger partial charge < -0.3 is 4.74 Å². The molecule has 0 aliphatic heterocycles. The molecule has 0 N–H and O–H groups in total. The summed E-state index contributed by atoms with van der Waals surface area (Å²) in [5.41, 5.74) is 0. The van der Waals surface area contributed by atoms with Gasteiger partial charge in [0.1, 0.15) is 0 Å². The topological polar surface area (TPSA) is 9.23 Å². The highest BCUT2D eigenvalue weighted by Crippen LogP contribution is 2.42. The smallest absolute Gasteiger partial charge is 0.0827 e. The van der Waals surface area contributed by atoms with Gasteiger partial charge in [0.25, 0.3) is 0 Å². The van der Waals surface area contributed by atoms with Crippen LogP contribution >= 0.6 is 0 Å². The van der Waals surface area contributed by atoms with Crippen LogP contribution in [-0.2, 0) is 4.74 Å². The SMILES string of the molecule is COC[C@H]1CC[C@H]([C@H]2CC[C@H](CCC=CF)CC2)CC1. The molecule has 0 bridgehead atoms. The van der Waals surface area contributed by atoms with Gasteiger partial charge in [-0.15, -0.1) is 0 Å². The van der Waals surface area contributed by atoms with Crippen molar-refractivity contribution in [1.82, 2.24) is 0 Å². The van der Waals surface area contributed by atoms with Gasteiger partial charge in [-0.25, -0.2) is 4.39 Å². The van der Waals surface area contributed by atoms with E-state index in [2.05, 4.69) is 0 Å². The predicted octanol–water partition coefficient (Wildman–Crippen LogP) is 5.51. The zero-order valence-corrected chi connectivity index (χ0v) is 13.0. The molecule has 0 saturated heterocycles. The fourth-order valence-electron chi connectivity index (χ4n) is 4.41. The summed E-state index contributed by atoms with van der Waals surface area (Å²) in [7, 11) is 1.82. The molecule has 2 aliphatic rings. The molecule has 0 atom stereocenters. The summed E-state index contributed by atoms with van der Waals surface area (Å²) < 4.78 is 17.2. The lowest BCUT2D eigenvalue weighted by Gasteiger charge is -2.37. The first kappa shape index (κ1) is 16.0. The van der Waals surface area contributed by atoms with Crippen LogP contribution < -0.4 is 0 Å². The van der Waals surface area contributed by atoms with E-state index in [0.717, 1.165) is 36.7 Å². The van der Waals surface area contributed by atoms with E-state index >= 15 is 0 Å². The lowest BCUT2D eigenvalue weighted by molar-refractivity contribution is 0.0928. The molecule has 0 spiro atoms. The average Bonchev–Trinajstić information content (AvgIpc) is 2.49. The molecule has 0 heterocycles. The molecule has 0 aromatic heterocycles. The molecule has 2 saturated carbocycles. The Labute approximate surface area is 124 Å². The summed E-state index contributed by atoms with van der Waals surface area (Å²) in [4.78, 5) is 0. The fourth-order valence-corrected chi connectivity index (χ4v) is 4.41. The van der Waals surface area contributed by atoms with Gasteiger partial charge in [-0.1, -0.05) is 18.9 Å². The van der Waals surface area contributed by atoms with E-state index in [1.54, 1.807) is 6.08 Å². The third-order valence-electron chi connectivity index (χ3n) is 5.68. The van der Waals surface area contributed by atoms with Crippen LogP contribution in [-0.4, -0.2) is 13.7 Å². The Morgan fingerprint density at radius 3 is 1.95 bits per heavy atom. The summed E-state index contributed by atoms with van der Waals surface area (Å²) in [5.74, 6) is 3.63. The molecular formula is C18H31FO. The molecule has 2 fully saturated rings. The average molecular weight is 282 g/mol. The molecule has 0 radical (unpaired) electrons. The van der Waals surface area contributed by atoms with Gasteiger partial charge in [0, 0.05) is 13.7 Å². The largest absolute Gasteiger partial charge is 0.384 e. The molecule has 0 aromatic carbocycles. The minimum Gasteiger partial charge on any atom is -0.384 e. The Hall–Kier alpha value is -0.370. The van der Waals surface area contributed by atoms with Crippen LogP contribution in [0.5, 0.6) is 0 Å². The van der Waals surface area contributed by atoms with E-state index in [4.69, 9.17) is 4.74 Å². The van der Waals surface area contributed by atoms with Crippen molar-refractivity contribution >= 4 is 0 Å². The molecule has 1 nitrogen and oxygen atoms in total. The van der Waals surface area contributed by atoms with Crippen molar-refractivity contribution in [2.45, 2.75) is 64.2 Å². The van der Waals surface area contributed by atoms with E-state index < -0.39 is 0 Å². The van der Waals surface area contributed by atoms with Crippen LogP contribution in [0.2, 0.25) is 0 Å². The second-order valence-corrected chi connectivity index (χ2v) is 6.96. The third kappa shape index (κ3) is 4.87. The second-order valence-electron chi connectivity index (χ2n) is 6.96. The van der Waals surface area contributed by atoms with Crippen LogP contribution in [0.25, 0.3) is 0 Å². The van der Waals surface area contributed by atoms with E-state index in [1.165, 1.54) is 57.8 Å². The maximum Gasteiger partial charge on any atom is 0.0827 e. The Morgan fingerprint density at radius 1 is 0.900 bits per heavy atom. The molecule has 20 heavy (non-hydrogen) atoms.